The van der Waals surface area contributed by atoms with Crippen LogP contribution in [0, 0.1) is 0 Å². The second kappa shape index (κ2) is 5.44. The molecule has 2 aromatic rings. The topological polar surface area (TPSA) is 84.1 Å². The summed E-state index contributed by atoms with van der Waals surface area (Å²) in [6.07, 6.45) is -0.579. The molecule has 90 valence electrons. The van der Waals surface area contributed by atoms with Gasteiger partial charge in [-0.15, -0.1) is 0 Å². The Kier molecular flexibility index (Phi) is 3.93. The zero-order chi connectivity index (χ0) is 12.3. The van der Waals surface area contributed by atoms with Gasteiger partial charge < -0.3 is 16.2 Å². The lowest BCUT2D eigenvalue weighted by molar-refractivity contribution is 0.192. The highest BCUT2D eigenvalue weighted by Gasteiger charge is 2.08. The van der Waals surface area contributed by atoms with Crippen molar-refractivity contribution in [1.82, 2.24) is 9.97 Å². The van der Waals surface area contributed by atoms with E-state index in [0.717, 1.165) is 5.56 Å². The number of nitrogens with two attached hydrogens (primary N) is 1. The normalized spacial score (nSPS) is 12.4. The van der Waals surface area contributed by atoms with Gasteiger partial charge in [-0.1, -0.05) is 0 Å². The van der Waals surface area contributed by atoms with Crippen molar-refractivity contribution in [3.05, 3.63) is 33.1 Å². The second-order valence-electron chi connectivity index (χ2n) is 3.39. The van der Waals surface area contributed by atoms with Gasteiger partial charge in [-0.2, -0.15) is 16.3 Å². The maximum atomic E-state index is 9.85. The lowest BCUT2D eigenvalue weighted by Gasteiger charge is -2.10. The first kappa shape index (κ1) is 12.3. The summed E-state index contributed by atoms with van der Waals surface area (Å²) in [5.41, 5.74) is 6.46. The van der Waals surface area contributed by atoms with E-state index in [1.807, 2.05) is 16.8 Å². The first-order valence-corrected chi connectivity index (χ1v) is 6.63. The van der Waals surface area contributed by atoms with Crippen LogP contribution >= 0.6 is 27.3 Å². The van der Waals surface area contributed by atoms with Crippen LogP contribution in [0.25, 0.3) is 0 Å². The number of hydrogen-bond donors (Lipinski definition) is 3. The molecule has 1 unspecified atom stereocenters. The summed E-state index contributed by atoms with van der Waals surface area (Å²) in [5, 5.41) is 16.6. The molecule has 5 nitrogen and oxygen atoms in total. The van der Waals surface area contributed by atoms with Crippen LogP contribution in [-0.2, 0) is 0 Å². The van der Waals surface area contributed by atoms with Crippen LogP contribution in [0.3, 0.4) is 0 Å². The number of hydrogen-bond acceptors (Lipinski definition) is 6. The molecule has 4 N–H and O–H groups in total. The molecule has 0 saturated carbocycles. The average molecular weight is 315 g/mol. The highest BCUT2D eigenvalue weighted by atomic mass is 79.9. The molecule has 2 aromatic heterocycles. The van der Waals surface area contributed by atoms with Crippen molar-refractivity contribution >= 4 is 39.0 Å². The molecule has 0 aromatic carbocycles. The summed E-state index contributed by atoms with van der Waals surface area (Å²) >= 11 is 4.77. The van der Waals surface area contributed by atoms with Crippen LogP contribution in [-0.4, -0.2) is 21.6 Å². The van der Waals surface area contributed by atoms with Crippen molar-refractivity contribution in [3.63, 3.8) is 0 Å². The van der Waals surface area contributed by atoms with Crippen LogP contribution in [0.4, 0.5) is 11.8 Å². The molecule has 0 bridgehead atoms. The number of anilines is 2. The lowest BCUT2D eigenvalue weighted by Crippen LogP contribution is -2.14. The van der Waals surface area contributed by atoms with Crippen molar-refractivity contribution in [3.8, 4) is 0 Å². The molecule has 7 heteroatoms. The summed E-state index contributed by atoms with van der Waals surface area (Å²) in [5.74, 6) is 0.769. The monoisotopic (exact) mass is 314 g/mol. The summed E-state index contributed by atoms with van der Waals surface area (Å²) in [7, 11) is 0. The van der Waals surface area contributed by atoms with Gasteiger partial charge in [-0.25, -0.2) is 4.98 Å². The molecule has 0 fully saturated rings. The molecular formula is C10H11BrN4OS. The smallest absolute Gasteiger partial charge is 0.225 e. The van der Waals surface area contributed by atoms with Crippen LogP contribution in [0.2, 0.25) is 0 Å². The molecule has 0 spiro atoms. The van der Waals surface area contributed by atoms with E-state index in [2.05, 4.69) is 31.2 Å². The van der Waals surface area contributed by atoms with Crippen molar-refractivity contribution < 1.29 is 5.11 Å². The quantitative estimate of drug-likeness (QED) is 0.752. The van der Waals surface area contributed by atoms with E-state index in [-0.39, 0.29) is 0 Å². The van der Waals surface area contributed by atoms with Crippen molar-refractivity contribution in [2.24, 2.45) is 0 Å². The molecule has 2 heterocycles. The fourth-order valence-electron chi connectivity index (χ4n) is 1.28. The summed E-state index contributed by atoms with van der Waals surface area (Å²) in [6.45, 7) is 0.340. The van der Waals surface area contributed by atoms with Gasteiger partial charge in [0, 0.05) is 12.6 Å². The van der Waals surface area contributed by atoms with E-state index in [1.54, 1.807) is 17.4 Å². The first-order chi connectivity index (χ1) is 8.15. The second-order valence-corrected chi connectivity index (χ2v) is 4.99. The Morgan fingerprint density at radius 1 is 1.53 bits per heavy atom. The molecule has 17 heavy (non-hydrogen) atoms. The fraction of sp³-hybridized carbons (Fsp3) is 0.200. The van der Waals surface area contributed by atoms with Gasteiger partial charge in [0.25, 0.3) is 0 Å². The van der Waals surface area contributed by atoms with E-state index < -0.39 is 6.10 Å². The van der Waals surface area contributed by atoms with Gasteiger partial charge in [-0.05, 0) is 38.3 Å². The average Bonchev–Trinajstić information content (AvgIpc) is 2.78. The maximum absolute atomic E-state index is 9.85. The van der Waals surface area contributed by atoms with Gasteiger partial charge in [0.15, 0.2) is 0 Å². The minimum absolute atomic E-state index is 0.340. The number of aliphatic hydroxyl groups excluding tert-OH is 1. The van der Waals surface area contributed by atoms with E-state index in [1.165, 1.54) is 0 Å². The molecule has 0 aliphatic heterocycles. The Balaban J connectivity index is 1.98. The van der Waals surface area contributed by atoms with Gasteiger partial charge in [0.1, 0.15) is 10.4 Å². The van der Waals surface area contributed by atoms with Crippen LogP contribution in [0.15, 0.2) is 27.5 Å². The third-order valence-corrected chi connectivity index (χ3v) is 3.20. The van der Waals surface area contributed by atoms with E-state index in [9.17, 15) is 5.11 Å². The fourth-order valence-corrected chi connectivity index (χ4v) is 2.39. The van der Waals surface area contributed by atoms with Crippen LogP contribution in [0.1, 0.15) is 11.7 Å². The molecule has 0 saturated heterocycles. The van der Waals surface area contributed by atoms with Gasteiger partial charge in [-0.3, -0.25) is 0 Å². The Morgan fingerprint density at radius 3 is 3.00 bits per heavy atom. The highest BCUT2D eigenvalue weighted by molar-refractivity contribution is 9.10. The molecule has 1 atom stereocenters. The molecule has 0 radical (unpaired) electrons. The molecule has 0 aliphatic carbocycles. The Morgan fingerprint density at radius 2 is 2.35 bits per heavy atom. The highest BCUT2D eigenvalue weighted by Crippen LogP contribution is 2.17. The van der Waals surface area contributed by atoms with Crippen LogP contribution < -0.4 is 11.1 Å². The zero-order valence-electron chi connectivity index (χ0n) is 8.80. The Bertz CT molecular complexity index is 471. The third-order valence-electron chi connectivity index (χ3n) is 2.10. The molecular weight excluding hydrogens is 304 g/mol. The lowest BCUT2D eigenvalue weighted by atomic mass is 10.2. The number of rotatable bonds is 4. The molecule has 0 amide bonds. The van der Waals surface area contributed by atoms with E-state index >= 15 is 0 Å². The van der Waals surface area contributed by atoms with E-state index in [4.69, 9.17) is 5.73 Å². The van der Waals surface area contributed by atoms with Gasteiger partial charge >= 0.3 is 0 Å². The molecule has 0 aliphatic rings. The van der Waals surface area contributed by atoms with Gasteiger partial charge in [0.2, 0.25) is 5.95 Å². The number of nitrogens with one attached hydrogen (secondary N) is 1. The Labute approximate surface area is 111 Å². The number of thiophene rings is 1. The largest absolute Gasteiger partial charge is 0.387 e. The third kappa shape index (κ3) is 3.39. The minimum Gasteiger partial charge on any atom is -0.387 e. The minimum atomic E-state index is -0.579. The van der Waals surface area contributed by atoms with E-state index in [0.29, 0.717) is 22.9 Å². The zero-order valence-corrected chi connectivity index (χ0v) is 11.2. The van der Waals surface area contributed by atoms with Crippen molar-refractivity contribution in [1.29, 1.82) is 0 Å². The number of nitrogens with zero attached hydrogens (tertiary/aromatic N) is 2. The van der Waals surface area contributed by atoms with Gasteiger partial charge in [0.05, 0.1) is 6.10 Å². The molecule has 2 rings (SSSR count). The summed E-state index contributed by atoms with van der Waals surface area (Å²) in [4.78, 5) is 8.10. The predicted octanol–water partition coefficient (Wildman–Crippen LogP) is 2.03. The maximum Gasteiger partial charge on any atom is 0.225 e. The number of nitrogen functional groups attached to an aromatic ring is 1. The Hall–Kier alpha value is -1.18. The summed E-state index contributed by atoms with van der Waals surface area (Å²) < 4.78 is 0.609. The SMILES string of the molecule is Nc1cc(Br)nc(NCC(O)c2ccsc2)n1. The summed E-state index contributed by atoms with van der Waals surface area (Å²) in [6, 6.07) is 3.49. The first-order valence-electron chi connectivity index (χ1n) is 4.89. The number of aromatic nitrogens is 2. The number of halogens is 1. The van der Waals surface area contributed by atoms with Crippen molar-refractivity contribution in [2.75, 3.05) is 17.6 Å². The number of aliphatic hydroxyl groups is 1. The standard InChI is InChI=1S/C10H11BrN4OS/c11-8-3-9(12)15-10(14-8)13-4-7(16)6-1-2-17-5-6/h1-3,5,7,16H,4H2,(H3,12,13,14,15). The van der Waals surface area contributed by atoms with Crippen molar-refractivity contribution in [2.45, 2.75) is 6.10 Å². The predicted molar refractivity (Wildman–Crippen MR) is 71.9 cm³/mol. The van der Waals surface area contributed by atoms with Crippen LogP contribution in [0.5, 0.6) is 0 Å².